The molecule has 0 saturated carbocycles. The molecule has 0 heterocycles. The summed E-state index contributed by atoms with van der Waals surface area (Å²) in [6.45, 7) is 13.7. The Morgan fingerprint density at radius 1 is 0.885 bits per heavy atom. The van der Waals surface area contributed by atoms with E-state index in [1.807, 2.05) is 0 Å². The van der Waals surface area contributed by atoms with Crippen molar-refractivity contribution >= 4 is 5.71 Å². The van der Waals surface area contributed by atoms with Gasteiger partial charge < -0.3 is 4.84 Å². The maximum atomic E-state index is 5.22. The van der Waals surface area contributed by atoms with Crippen molar-refractivity contribution in [1.82, 2.24) is 0 Å². The molecule has 1 aliphatic carbocycles. The second kappa shape index (κ2) is 6.57. The van der Waals surface area contributed by atoms with Gasteiger partial charge in [-0.1, -0.05) is 68.7 Å². The Bertz CT molecular complexity index is 841. The van der Waals surface area contributed by atoms with E-state index in [-0.39, 0.29) is 10.8 Å². The first kappa shape index (κ1) is 18.7. The topological polar surface area (TPSA) is 21.6 Å². The lowest BCUT2D eigenvalue weighted by Gasteiger charge is -2.42. The molecule has 0 bridgehead atoms. The molecule has 0 N–H and O–H groups in total. The predicted molar refractivity (Wildman–Crippen MR) is 110 cm³/mol. The molecule has 2 aromatic rings. The van der Waals surface area contributed by atoms with Crippen LogP contribution in [0.2, 0.25) is 0 Å². The van der Waals surface area contributed by atoms with Crippen molar-refractivity contribution in [3.05, 3.63) is 69.8 Å². The Morgan fingerprint density at radius 2 is 1.42 bits per heavy atom. The van der Waals surface area contributed by atoms with Crippen molar-refractivity contribution in [2.24, 2.45) is 5.16 Å². The van der Waals surface area contributed by atoms with Gasteiger partial charge in [-0.15, -0.1) is 0 Å². The molecule has 0 aliphatic heterocycles. The molecule has 0 aromatic heterocycles. The fourth-order valence-corrected chi connectivity index (χ4v) is 4.04. The smallest absolute Gasteiger partial charge is 0.117 e. The van der Waals surface area contributed by atoms with Gasteiger partial charge in [0, 0.05) is 11.1 Å². The maximum absolute atomic E-state index is 5.22. The van der Waals surface area contributed by atoms with Gasteiger partial charge in [0.05, 0.1) is 0 Å². The maximum Gasteiger partial charge on any atom is 0.117 e. The summed E-state index contributed by atoms with van der Waals surface area (Å²) >= 11 is 0. The number of aryl methyl sites for hydroxylation is 2. The Balaban J connectivity index is 2.21. The third-order valence-corrected chi connectivity index (χ3v) is 5.96. The Kier molecular flexibility index (Phi) is 4.72. The molecular weight excluding hydrogens is 318 g/mol. The van der Waals surface area contributed by atoms with Crippen molar-refractivity contribution in [2.45, 2.75) is 65.2 Å². The fourth-order valence-electron chi connectivity index (χ4n) is 4.04. The first-order valence-electron chi connectivity index (χ1n) is 9.50. The molecule has 0 amide bonds. The molecular formula is C24H31NO. The molecule has 0 fully saturated rings. The first-order valence-corrected chi connectivity index (χ1v) is 9.50. The number of rotatable bonds is 3. The van der Waals surface area contributed by atoms with E-state index in [0.29, 0.717) is 0 Å². The van der Waals surface area contributed by atoms with Crippen LogP contribution in [0.1, 0.15) is 73.9 Å². The highest BCUT2D eigenvalue weighted by atomic mass is 16.6. The average molecular weight is 350 g/mol. The summed E-state index contributed by atoms with van der Waals surface area (Å²) in [7, 11) is 1.62. The zero-order valence-electron chi connectivity index (χ0n) is 17.2. The third-order valence-electron chi connectivity index (χ3n) is 5.96. The van der Waals surface area contributed by atoms with Crippen molar-refractivity contribution in [1.29, 1.82) is 0 Å². The largest absolute Gasteiger partial charge is 0.399 e. The molecule has 2 aromatic carbocycles. The minimum Gasteiger partial charge on any atom is -0.399 e. The molecule has 138 valence electrons. The minimum absolute atomic E-state index is 0.179. The highest BCUT2D eigenvalue weighted by Gasteiger charge is 2.37. The van der Waals surface area contributed by atoms with Gasteiger partial charge in [0.25, 0.3) is 0 Å². The van der Waals surface area contributed by atoms with Crippen LogP contribution in [-0.2, 0) is 15.7 Å². The molecule has 2 nitrogen and oxygen atoms in total. The van der Waals surface area contributed by atoms with Crippen LogP contribution in [0.5, 0.6) is 0 Å². The summed E-state index contributed by atoms with van der Waals surface area (Å²) in [5.74, 6) is 0. The van der Waals surface area contributed by atoms with Crippen LogP contribution in [0.15, 0.2) is 41.6 Å². The van der Waals surface area contributed by atoms with E-state index >= 15 is 0 Å². The normalized spacial score (nSPS) is 18.3. The molecule has 0 atom stereocenters. The van der Waals surface area contributed by atoms with Crippen molar-refractivity contribution in [3.63, 3.8) is 0 Å². The van der Waals surface area contributed by atoms with Gasteiger partial charge in [-0.25, -0.2) is 0 Å². The second-order valence-electron chi connectivity index (χ2n) is 8.97. The van der Waals surface area contributed by atoms with Crippen LogP contribution in [0, 0.1) is 13.8 Å². The Hall–Kier alpha value is -2.09. The number of benzene rings is 2. The van der Waals surface area contributed by atoms with Crippen LogP contribution in [0.25, 0.3) is 0 Å². The van der Waals surface area contributed by atoms with Gasteiger partial charge in [-0.2, -0.15) is 0 Å². The van der Waals surface area contributed by atoms with E-state index in [2.05, 4.69) is 83.1 Å². The summed E-state index contributed by atoms with van der Waals surface area (Å²) < 4.78 is 0. The van der Waals surface area contributed by atoms with Crippen LogP contribution in [0.3, 0.4) is 0 Å². The van der Waals surface area contributed by atoms with Crippen molar-refractivity contribution in [2.75, 3.05) is 7.11 Å². The van der Waals surface area contributed by atoms with E-state index in [0.717, 1.165) is 11.3 Å². The number of hydrogen-bond acceptors (Lipinski definition) is 2. The molecule has 0 saturated heterocycles. The van der Waals surface area contributed by atoms with Gasteiger partial charge in [-0.05, 0) is 60.3 Å². The molecule has 1 aliphatic rings. The van der Waals surface area contributed by atoms with Crippen LogP contribution in [0.4, 0.5) is 0 Å². The molecule has 0 spiro atoms. The highest BCUT2D eigenvalue weighted by Crippen LogP contribution is 2.46. The van der Waals surface area contributed by atoms with E-state index < -0.39 is 0 Å². The fraction of sp³-hybridized carbons (Fsp3) is 0.458. The molecule has 0 radical (unpaired) electrons. The average Bonchev–Trinajstić information content (AvgIpc) is 2.58. The van der Waals surface area contributed by atoms with E-state index in [1.54, 1.807) is 7.11 Å². The van der Waals surface area contributed by atoms with Gasteiger partial charge in [-0.3, -0.25) is 0 Å². The SMILES string of the molecule is CO/N=C(\c1ccc(C)cc1)c1cc2c(cc1C)C(C)(C)CCC2(C)C. The van der Waals surface area contributed by atoms with Crippen LogP contribution in [-0.4, -0.2) is 12.8 Å². The van der Waals surface area contributed by atoms with Crippen molar-refractivity contribution in [3.8, 4) is 0 Å². The van der Waals surface area contributed by atoms with Crippen LogP contribution >= 0.6 is 0 Å². The zero-order chi connectivity index (χ0) is 19.1. The summed E-state index contributed by atoms with van der Waals surface area (Å²) in [4.78, 5) is 5.22. The molecule has 0 unspecified atom stereocenters. The number of fused-ring (bicyclic) bond motifs is 1. The summed E-state index contributed by atoms with van der Waals surface area (Å²) in [6, 6.07) is 13.2. The molecule has 26 heavy (non-hydrogen) atoms. The third kappa shape index (κ3) is 3.30. The van der Waals surface area contributed by atoms with Gasteiger partial charge in [0.2, 0.25) is 0 Å². The Morgan fingerprint density at radius 3 is 1.96 bits per heavy atom. The highest BCUT2D eigenvalue weighted by molar-refractivity contribution is 6.13. The van der Waals surface area contributed by atoms with Gasteiger partial charge in [0.1, 0.15) is 12.8 Å². The lowest BCUT2D eigenvalue weighted by Crippen LogP contribution is -2.34. The Labute approximate surface area is 158 Å². The summed E-state index contributed by atoms with van der Waals surface area (Å²) in [5.41, 5.74) is 9.00. The molecule has 3 rings (SSSR count). The molecule has 2 heteroatoms. The second-order valence-corrected chi connectivity index (χ2v) is 8.97. The van der Waals surface area contributed by atoms with E-state index in [4.69, 9.17) is 4.84 Å². The van der Waals surface area contributed by atoms with E-state index in [9.17, 15) is 0 Å². The van der Waals surface area contributed by atoms with Gasteiger partial charge in [0.15, 0.2) is 0 Å². The number of nitrogens with zero attached hydrogens (tertiary/aromatic N) is 1. The van der Waals surface area contributed by atoms with E-state index in [1.165, 1.54) is 40.7 Å². The predicted octanol–water partition coefficient (Wildman–Crippen LogP) is 6.05. The lowest BCUT2D eigenvalue weighted by atomic mass is 9.62. The minimum atomic E-state index is 0.179. The number of oxime groups is 1. The number of hydrogen-bond donors (Lipinski definition) is 0. The quantitative estimate of drug-likeness (QED) is 0.488. The summed E-state index contributed by atoms with van der Waals surface area (Å²) in [6.07, 6.45) is 2.43. The first-order chi connectivity index (χ1) is 12.2. The monoisotopic (exact) mass is 349 g/mol. The standard InChI is InChI=1S/C24H31NO/c1-16-8-10-18(11-9-16)22(25-26-7)19-15-21-20(14-17(19)2)23(3,4)12-13-24(21,5)6/h8-11,14-15H,12-13H2,1-7H3/b25-22+. The summed E-state index contributed by atoms with van der Waals surface area (Å²) in [5, 5.41) is 4.40. The lowest BCUT2D eigenvalue weighted by molar-refractivity contribution is 0.214. The zero-order valence-corrected chi connectivity index (χ0v) is 17.2. The van der Waals surface area contributed by atoms with Crippen LogP contribution < -0.4 is 0 Å². The van der Waals surface area contributed by atoms with Crippen molar-refractivity contribution < 1.29 is 4.84 Å². The van der Waals surface area contributed by atoms with Gasteiger partial charge >= 0.3 is 0 Å².